The second kappa shape index (κ2) is 6.58. The van der Waals surface area contributed by atoms with Gasteiger partial charge in [-0.25, -0.2) is 4.99 Å². The van der Waals surface area contributed by atoms with Crippen molar-refractivity contribution >= 4 is 69.9 Å². The normalized spacial score (nSPS) is 17.8. The number of benzene rings is 1. The highest BCUT2D eigenvalue weighted by molar-refractivity contribution is 14.1. The molecule has 0 amide bonds. The second-order valence-corrected chi connectivity index (χ2v) is 14.1. The molecule has 4 rings (SSSR count). The van der Waals surface area contributed by atoms with Crippen LogP contribution in [0.4, 0.5) is 5.69 Å². The van der Waals surface area contributed by atoms with Crippen LogP contribution in [-0.4, -0.2) is 24.7 Å². The van der Waals surface area contributed by atoms with E-state index in [0.29, 0.717) is 0 Å². The first-order valence-corrected chi connectivity index (χ1v) is 13.0. The van der Waals surface area contributed by atoms with Crippen LogP contribution in [0, 0.1) is 2.88 Å². The number of phenols is 1. The fraction of sp³-hybridized carbons (Fsp3) is 0.200. The molecule has 3 nitrogen and oxygen atoms in total. The summed E-state index contributed by atoms with van der Waals surface area (Å²) in [5.74, 6) is 0.339. The van der Waals surface area contributed by atoms with Crippen molar-refractivity contribution in [2.24, 2.45) is 4.99 Å². The number of aromatic hydroxyl groups is 1. The Morgan fingerprint density at radius 2 is 1.92 bits per heavy atom. The highest BCUT2D eigenvalue weighted by atomic mass is 127. The Balaban J connectivity index is 2.10. The Kier molecular flexibility index (Phi) is 4.52. The van der Waals surface area contributed by atoms with Gasteiger partial charge in [0.05, 0.1) is 14.3 Å². The van der Waals surface area contributed by atoms with E-state index >= 15 is 0 Å². The summed E-state index contributed by atoms with van der Waals surface area (Å²) in [6.45, 7) is 4.41. The van der Waals surface area contributed by atoms with E-state index in [2.05, 4.69) is 42.5 Å². The Hall–Kier alpha value is -1.51. The van der Waals surface area contributed by atoms with Crippen LogP contribution in [0.1, 0.15) is 18.7 Å². The zero-order valence-electron chi connectivity index (χ0n) is 14.5. The number of nitrogens with zero attached hydrogens (tertiary/aromatic N) is 1. The van der Waals surface area contributed by atoms with E-state index in [9.17, 15) is 9.90 Å². The lowest BCUT2D eigenvalue weighted by atomic mass is 10.0. The number of halogens is 1. The molecule has 0 atom stereocenters. The van der Waals surface area contributed by atoms with Gasteiger partial charge in [0.15, 0.2) is 5.78 Å². The molecular formula is C20H18INO2SSi. The average molecular weight is 491 g/mol. The molecule has 6 heteroatoms. The van der Waals surface area contributed by atoms with Gasteiger partial charge >= 0.3 is 0 Å². The van der Waals surface area contributed by atoms with Crippen molar-refractivity contribution < 1.29 is 9.90 Å². The summed E-state index contributed by atoms with van der Waals surface area (Å²) in [4.78, 5) is 18.8. The molecule has 26 heavy (non-hydrogen) atoms. The van der Waals surface area contributed by atoms with Crippen LogP contribution < -0.4 is 5.19 Å². The molecule has 2 aromatic rings. The number of aliphatic imine (C=N–C) groups is 1. The summed E-state index contributed by atoms with van der Waals surface area (Å²) >= 11 is 3.95. The van der Waals surface area contributed by atoms with Gasteiger partial charge < -0.3 is 5.11 Å². The van der Waals surface area contributed by atoms with E-state index in [-0.39, 0.29) is 11.5 Å². The molecule has 0 spiro atoms. The highest BCUT2D eigenvalue weighted by Crippen LogP contribution is 2.42. The minimum Gasteiger partial charge on any atom is -0.508 e. The van der Waals surface area contributed by atoms with Crippen molar-refractivity contribution in [3.8, 4) is 5.75 Å². The summed E-state index contributed by atoms with van der Waals surface area (Å²) in [6.07, 6.45) is 3.53. The molecule has 1 aliphatic heterocycles. The van der Waals surface area contributed by atoms with Gasteiger partial charge in [-0.15, -0.1) is 11.3 Å². The van der Waals surface area contributed by atoms with Gasteiger partial charge in [-0.1, -0.05) is 25.9 Å². The van der Waals surface area contributed by atoms with E-state index in [0.717, 1.165) is 44.3 Å². The zero-order valence-corrected chi connectivity index (χ0v) is 18.5. The summed E-state index contributed by atoms with van der Waals surface area (Å²) < 4.78 is 1.17. The number of carbonyl (C=O) groups is 1. The predicted molar refractivity (Wildman–Crippen MR) is 120 cm³/mol. The maximum atomic E-state index is 12.9. The van der Waals surface area contributed by atoms with Gasteiger partial charge in [0, 0.05) is 10.5 Å². The Labute approximate surface area is 171 Å². The molecule has 1 aromatic carbocycles. The molecule has 1 aliphatic carbocycles. The lowest BCUT2D eigenvalue weighted by Gasteiger charge is -2.39. The molecule has 132 valence electrons. The molecule has 0 fully saturated rings. The average Bonchev–Trinajstić information content (AvgIpc) is 3.06. The summed E-state index contributed by atoms with van der Waals surface area (Å²) in [7, 11) is -2.20. The molecule has 0 unspecified atom stereocenters. The first-order chi connectivity index (χ1) is 12.5. The third-order valence-electron chi connectivity index (χ3n) is 5.39. The van der Waals surface area contributed by atoms with Gasteiger partial charge in [-0.2, -0.15) is 0 Å². The Bertz CT molecular complexity index is 1010. The molecular weight excluding hydrogens is 473 g/mol. The predicted octanol–water partition coefficient (Wildman–Crippen LogP) is 4.97. The van der Waals surface area contributed by atoms with E-state index in [1.54, 1.807) is 23.5 Å². The monoisotopic (exact) mass is 491 g/mol. The fourth-order valence-electron chi connectivity index (χ4n) is 4.10. The van der Waals surface area contributed by atoms with Gasteiger partial charge in [0.25, 0.3) is 0 Å². The third kappa shape index (κ3) is 2.58. The SMILES string of the molecule is CC[Si]1(CC)C2=C(c3ccc(I)s3)C(=O)C=CC2=Nc2ccc(O)cc21. The fourth-order valence-corrected chi connectivity index (χ4v) is 10.5. The first kappa shape index (κ1) is 17.9. The Morgan fingerprint density at radius 1 is 1.15 bits per heavy atom. The molecule has 0 bridgehead atoms. The van der Waals surface area contributed by atoms with Crippen molar-refractivity contribution in [1.29, 1.82) is 0 Å². The zero-order chi connectivity index (χ0) is 18.5. The number of carbonyl (C=O) groups excluding carboxylic acids is 1. The number of thiophene rings is 1. The van der Waals surface area contributed by atoms with Crippen LogP contribution in [0.3, 0.4) is 0 Å². The smallest absolute Gasteiger partial charge is 0.187 e. The lowest BCUT2D eigenvalue weighted by molar-refractivity contribution is -0.109. The van der Waals surface area contributed by atoms with Gasteiger partial charge in [0.2, 0.25) is 0 Å². The van der Waals surface area contributed by atoms with Crippen LogP contribution >= 0.6 is 33.9 Å². The molecule has 0 saturated carbocycles. The molecule has 1 aromatic heterocycles. The second-order valence-electron chi connectivity index (χ2n) is 6.54. The standard InChI is InChI=1S/C20H18INO2SSi/c1-3-26(4-2)17-11-12(23)5-6-13(17)22-14-7-8-15(24)19(20(14)26)16-9-10-18(21)25-16/h5-11,23H,3-4H2,1-2H3. The molecule has 1 N–H and O–H groups in total. The lowest BCUT2D eigenvalue weighted by Crippen LogP contribution is -2.54. The summed E-state index contributed by atoms with van der Waals surface area (Å²) in [5, 5.41) is 12.4. The minimum atomic E-state index is -2.20. The van der Waals surface area contributed by atoms with Crippen molar-refractivity contribution in [3.63, 3.8) is 0 Å². The largest absolute Gasteiger partial charge is 0.508 e. The topological polar surface area (TPSA) is 49.7 Å². The van der Waals surface area contributed by atoms with Crippen LogP contribution in [0.2, 0.25) is 12.1 Å². The quantitative estimate of drug-likeness (QED) is 0.375. The summed E-state index contributed by atoms with van der Waals surface area (Å²) in [5.41, 5.74) is 2.69. The number of hydrogen-bond donors (Lipinski definition) is 1. The van der Waals surface area contributed by atoms with Gasteiger partial charge in [-0.3, -0.25) is 4.79 Å². The van der Waals surface area contributed by atoms with Crippen molar-refractivity contribution in [2.45, 2.75) is 25.9 Å². The minimum absolute atomic E-state index is 0.0691. The Morgan fingerprint density at radius 3 is 2.58 bits per heavy atom. The van der Waals surface area contributed by atoms with Crippen molar-refractivity contribution in [2.75, 3.05) is 0 Å². The van der Waals surface area contributed by atoms with Crippen molar-refractivity contribution in [1.82, 2.24) is 0 Å². The molecule has 2 heterocycles. The van der Waals surface area contributed by atoms with Crippen LogP contribution in [-0.2, 0) is 4.79 Å². The molecule has 0 radical (unpaired) electrons. The van der Waals surface area contributed by atoms with Crippen LogP contribution in [0.5, 0.6) is 5.75 Å². The number of rotatable bonds is 3. The third-order valence-corrected chi connectivity index (χ3v) is 12.6. The first-order valence-electron chi connectivity index (χ1n) is 8.65. The number of fused-ring (bicyclic) bond motifs is 2. The molecule has 0 saturated heterocycles. The van der Waals surface area contributed by atoms with Crippen LogP contribution in [0.15, 0.2) is 52.7 Å². The number of ketones is 1. The molecule has 2 aliphatic rings. The maximum absolute atomic E-state index is 12.9. The van der Waals surface area contributed by atoms with Crippen molar-refractivity contribution in [3.05, 3.63) is 55.4 Å². The van der Waals surface area contributed by atoms with Crippen LogP contribution in [0.25, 0.3) is 5.57 Å². The number of phenolic OH excluding ortho intramolecular Hbond substituents is 1. The number of hydrogen-bond acceptors (Lipinski definition) is 4. The van der Waals surface area contributed by atoms with E-state index in [4.69, 9.17) is 4.99 Å². The van der Waals surface area contributed by atoms with E-state index in [1.807, 2.05) is 24.3 Å². The van der Waals surface area contributed by atoms with Gasteiger partial charge in [-0.05, 0) is 75.5 Å². The van der Waals surface area contributed by atoms with Gasteiger partial charge in [0.1, 0.15) is 13.8 Å². The summed E-state index contributed by atoms with van der Waals surface area (Å²) in [6, 6.07) is 11.5. The highest BCUT2D eigenvalue weighted by Gasteiger charge is 2.45. The maximum Gasteiger partial charge on any atom is 0.187 e. The number of allylic oxidation sites excluding steroid dienone is 4. The van der Waals surface area contributed by atoms with E-state index < -0.39 is 8.07 Å². The van der Waals surface area contributed by atoms with E-state index in [1.165, 1.54) is 2.88 Å².